The van der Waals surface area contributed by atoms with Crippen molar-refractivity contribution in [3.8, 4) is 69.0 Å². The van der Waals surface area contributed by atoms with E-state index in [9.17, 15) is 80.5 Å². The van der Waals surface area contributed by atoms with E-state index in [0.29, 0.717) is 48.5 Å². The number of ether oxygens (including phenoxy) is 5. The van der Waals surface area contributed by atoms with Crippen molar-refractivity contribution in [2.24, 2.45) is 0 Å². The summed E-state index contributed by atoms with van der Waals surface area (Å²) in [6.07, 6.45) is -10.7. The number of aromatic hydroxyl groups is 12. The molecule has 4 aromatic carbocycles. The van der Waals surface area contributed by atoms with Gasteiger partial charge in [-0.2, -0.15) is 0 Å². The second kappa shape index (κ2) is 15.5. The molecule has 4 aromatic rings. The average molecular weight is 807 g/mol. The molecule has 1 saturated heterocycles. The molecule has 56 heavy (non-hydrogen) atoms. The van der Waals surface area contributed by atoms with E-state index in [1.165, 1.54) is 0 Å². The van der Waals surface area contributed by atoms with Gasteiger partial charge in [0.05, 0.1) is 28.1 Å². The minimum atomic E-state index is -2.33. The highest BCUT2D eigenvalue weighted by molar-refractivity contribution is 6.18. The highest BCUT2D eigenvalue weighted by Crippen LogP contribution is 2.41. The summed E-state index contributed by atoms with van der Waals surface area (Å²) in [5, 5.41) is 119. The normalized spacial score (nSPS) is 19.1. The quantitative estimate of drug-likeness (QED) is 0.0497. The Labute approximate surface area is 315 Å². The van der Waals surface area contributed by atoms with E-state index in [2.05, 4.69) is 0 Å². The van der Waals surface area contributed by atoms with Gasteiger partial charge in [0.1, 0.15) is 6.10 Å². The Bertz CT molecular complexity index is 2150. The number of alkyl halides is 1. The van der Waals surface area contributed by atoms with Crippen LogP contribution < -0.4 is 0 Å². The van der Waals surface area contributed by atoms with E-state index in [0.717, 1.165) is 0 Å². The molecule has 0 bridgehead atoms. The van der Waals surface area contributed by atoms with E-state index in [1.54, 1.807) is 0 Å². The molecule has 5 rings (SSSR count). The van der Waals surface area contributed by atoms with Gasteiger partial charge in [0.2, 0.25) is 12.4 Å². The minimum Gasteiger partial charge on any atom is -0.504 e. The summed E-state index contributed by atoms with van der Waals surface area (Å²) >= 11 is 6.15. The van der Waals surface area contributed by atoms with Crippen LogP contribution >= 0.6 is 11.6 Å². The Kier molecular flexibility index (Phi) is 11.0. The van der Waals surface area contributed by atoms with Crippen LogP contribution in [0.4, 0.5) is 0 Å². The summed E-state index contributed by atoms with van der Waals surface area (Å²) in [6, 6.07) is 5.01. The van der Waals surface area contributed by atoms with Gasteiger partial charge in [-0.15, -0.1) is 11.6 Å². The number of halogens is 1. The number of hydrogen-bond acceptors (Lipinski definition) is 21. The lowest BCUT2D eigenvalue weighted by Crippen LogP contribution is -2.62. The number of esters is 4. The fourth-order valence-corrected chi connectivity index (χ4v) is 5.38. The summed E-state index contributed by atoms with van der Waals surface area (Å²) in [7, 11) is 0. The highest BCUT2D eigenvalue weighted by Gasteiger charge is 2.54. The summed E-state index contributed by atoms with van der Waals surface area (Å²) in [4.78, 5) is 53.9. The van der Waals surface area contributed by atoms with Gasteiger partial charge in [-0.05, 0) is 48.5 Å². The highest BCUT2D eigenvalue weighted by atomic mass is 35.5. The second-order valence-corrected chi connectivity index (χ2v) is 12.0. The third-order valence-corrected chi connectivity index (χ3v) is 8.22. The van der Waals surface area contributed by atoms with Gasteiger partial charge in [0.25, 0.3) is 0 Å². The monoisotopic (exact) mass is 806 g/mol. The molecular weight excluding hydrogens is 780 g/mol. The van der Waals surface area contributed by atoms with Crippen LogP contribution in [0.3, 0.4) is 0 Å². The molecule has 5 atom stereocenters. The van der Waals surface area contributed by atoms with Crippen LogP contribution in [0.1, 0.15) is 41.4 Å². The molecule has 0 amide bonds. The maximum absolute atomic E-state index is 13.6. The van der Waals surface area contributed by atoms with E-state index >= 15 is 0 Å². The number of carbonyl (C=O) groups is 4. The number of phenolic OH excluding ortho intramolecular Hbond substituents is 12. The largest absolute Gasteiger partial charge is 0.504 e. The molecule has 0 saturated carbocycles. The fraction of sp³-hybridized carbons (Fsp3) is 0.176. The topological polar surface area (TPSA) is 357 Å². The Morgan fingerprint density at radius 1 is 0.429 bits per heavy atom. The molecule has 22 heteroatoms. The van der Waals surface area contributed by atoms with Crippen LogP contribution in [0.5, 0.6) is 69.0 Å². The predicted molar refractivity (Wildman–Crippen MR) is 178 cm³/mol. The zero-order chi connectivity index (χ0) is 41.3. The van der Waals surface area contributed by atoms with Gasteiger partial charge >= 0.3 is 23.9 Å². The molecule has 21 nitrogen and oxygen atoms in total. The van der Waals surface area contributed by atoms with Crippen molar-refractivity contribution in [1.29, 1.82) is 0 Å². The first-order valence-corrected chi connectivity index (χ1v) is 15.9. The molecule has 0 unspecified atom stereocenters. The van der Waals surface area contributed by atoms with E-state index in [1.807, 2.05) is 0 Å². The lowest BCUT2D eigenvalue weighted by Gasteiger charge is -2.43. The van der Waals surface area contributed by atoms with Crippen molar-refractivity contribution in [3.05, 3.63) is 70.8 Å². The Morgan fingerprint density at radius 2 is 0.679 bits per heavy atom. The summed E-state index contributed by atoms with van der Waals surface area (Å²) in [6.45, 7) is 0. The minimum absolute atomic E-state index is 0.607. The summed E-state index contributed by atoms with van der Waals surface area (Å²) in [5.74, 6) is -19.0. The molecule has 12 N–H and O–H groups in total. The number of rotatable bonds is 9. The van der Waals surface area contributed by atoms with Crippen molar-refractivity contribution in [3.63, 3.8) is 0 Å². The smallest absolute Gasteiger partial charge is 0.340 e. The van der Waals surface area contributed by atoms with Crippen molar-refractivity contribution >= 4 is 35.5 Å². The standard InChI is InChI=1S/C34H27ClO21/c35-9-22-27(53-30(48)10-1-14(36)23(44)15(37)2-10)28(54-31(49)11-3-16(38)24(45)17(39)4-11)29(55-32(50)12-5-18(40)25(46)19(41)6-12)34(52-22)56-33(51)13-7-20(42)26(47)21(43)8-13/h1-8,22,27-29,34,36-47H,9H2/t22-,27-,28+,29-,34-/m1/s1. The molecule has 1 fully saturated rings. The molecule has 0 spiro atoms. The summed E-state index contributed by atoms with van der Waals surface area (Å²) in [5.41, 5.74) is -2.72. The Balaban J connectivity index is 1.64. The van der Waals surface area contributed by atoms with Crippen molar-refractivity contribution in [1.82, 2.24) is 0 Å². The number of benzene rings is 4. The molecule has 0 aromatic heterocycles. The SMILES string of the molecule is O=C(O[C@H]1O[C@H](CCl)[C@@H](OC(=O)c2cc(O)c(O)c(O)c2)[C@H](OC(=O)c2cc(O)c(O)c(O)c2)[C@H]1OC(=O)c1cc(O)c(O)c(O)c1)c1cc(O)c(O)c(O)c1. The third-order valence-electron chi connectivity index (χ3n) is 7.92. The van der Waals surface area contributed by atoms with Gasteiger partial charge in [-0.25, -0.2) is 19.2 Å². The maximum atomic E-state index is 13.6. The molecule has 0 radical (unpaired) electrons. The van der Waals surface area contributed by atoms with Gasteiger partial charge < -0.3 is 85.0 Å². The van der Waals surface area contributed by atoms with Crippen molar-refractivity contribution in [2.45, 2.75) is 30.7 Å². The van der Waals surface area contributed by atoms with Crippen LogP contribution in [0.25, 0.3) is 0 Å². The van der Waals surface area contributed by atoms with Crippen LogP contribution in [-0.4, -0.2) is 122 Å². The van der Waals surface area contributed by atoms with E-state index in [4.69, 9.17) is 35.3 Å². The predicted octanol–water partition coefficient (Wildman–Crippen LogP) is 1.95. The van der Waals surface area contributed by atoms with Crippen LogP contribution in [-0.2, 0) is 23.7 Å². The van der Waals surface area contributed by atoms with E-state index in [-0.39, 0.29) is 0 Å². The van der Waals surface area contributed by atoms with Gasteiger partial charge in [0.15, 0.2) is 81.2 Å². The first-order chi connectivity index (χ1) is 26.3. The van der Waals surface area contributed by atoms with Crippen molar-refractivity contribution < 1.29 is 104 Å². The summed E-state index contributed by atoms with van der Waals surface area (Å²) < 4.78 is 27.6. The third kappa shape index (κ3) is 7.93. The lowest BCUT2D eigenvalue weighted by atomic mass is 9.98. The molecule has 1 heterocycles. The molecule has 1 aliphatic heterocycles. The molecule has 0 aliphatic carbocycles. The first-order valence-electron chi connectivity index (χ1n) is 15.4. The van der Waals surface area contributed by atoms with Crippen LogP contribution in [0, 0.1) is 0 Å². The Morgan fingerprint density at radius 3 is 0.964 bits per heavy atom. The zero-order valence-corrected chi connectivity index (χ0v) is 28.4. The van der Waals surface area contributed by atoms with Gasteiger partial charge in [-0.1, -0.05) is 0 Å². The zero-order valence-electron chi connectivity index (χ0n) is 27.6. The van der Waals surface area contributed by atoms with Crippen LogP contribution in [0.15, 0.2) is 48.5 Å². The first kappa shape index (κ1) is 39.8. The number of phenols is 12. The molecule has 1 aliphatic rings. The number of hydrogen-bond donors (Lipinski definition) is 12. The second-order valence-electron chi connectivity index (χ2n) is 11.7. The average Bonchev–Trinajstić information content (AvgIpc) is 3.14. The van der Waals surface area contributed by atoms with Gasteiger partial charge in [-0.3, -0.25) is 0 Å². The van der Waals surface area contributed by atoms with Gasteiger partial charge in [0, 0.05) is 0 Å². The maximum Gasteiger partial charge on any atom is 0.340 e. The lowest BCUT2D eigenvalue weighted by molar-refractivity contribution is -0.273. The number of carbonyl (C=O) groups excluding carboxylic acids is 4. The van der Waals surface area contributed by atoms with E-state index < -0.39 is 152 Å². The van der Waals surface area contributed by atoms with Crippen LogP contribution in [0.2, 0.25) is 0 Å². The van der Waals surface area contributed by atoms with Crippen molar-refractivity contribution in [2.75, 3.05) is 5.88 Å². The Hall–Kier alpha value is -7.39. The molecular formula is C34H27ClO21. The molecule has 296 valence electrons. The fourth-order valence-electron chi connectivity index (χ4n) is 5.14.